The molecule has 0 aromatic rings. The quantitative estimate of drug-likeness (QED) is 0.402. The van der Waals surface area contributed by atoms with E-state index in [0.29, 0.717) is 0 Å². The van der Waals surface area contributed by atoms with Crippen LogP contribution in [0.4, 0.5) is 0 Å². The van der Waals surface area contributed by atoms with Crippen molar-refractivity contribution in [2.24, 2.45) is 5.92 Å². The van der Waals surface area contributed by atoms with Gasteiger partial charge in [0.1, 0.15) is 0 Å². The van der Waals surface area contributed by atoms with Gasteiger partial charge >= 0.3 is 0 Å². The Kier molecular flexibility index (Phi) is 0.571. The predicted octanol–water partition coefficient (Wildman–Crippen LogP) is 0.710. The minimum Gasteiger partial charge on any atom is -0.297 e. The highest BCUT2D eigenvalue weighted by Gasteiger charge is 2.41. The Morgan fingerprint density at radius 2 is 2.29 bits per heavy atom. The third-order valence-corrected chi connectivity index (χ3v) is 2.05. The summed E-state index contributed by atoms with van der Waals surface area (Å²) >= 11 is 0. The van der Waals surface area contributed by atoms with Crippen molar-refractivity contribution in [3.63, 3.8) is 0 Å². The minimum atomic E-state index is 0.999. The molecule has 2 fully saturated rings. The fourth-order valence-corrected chi connectivity index (χ4v) is 1.61. The molecular weight excluding hydrogens is 86.1 g/mol. The van der Waals surface area contributed by atoms with Crippen molar-refractivity contribution in [2.45, 2.75) is 19.4 Å². The van der Waals surface area contributed by atoms with Gasteiger partial charge in [-0.3, -0.25) is 4.90 Å². The van der Waals surface area contributed by atoms with Crippen LogP contribution in [-0.4, -0.2) is 24.0 Å². The lowest BCUT2D eigenvalue weighted by Crippen LogP contribution is -2.01. The molecule has 3 unspecified atom stereocenters. The summed E-state index contributed by atoms with van der Waals surface area (Å²) in [5, 5.41) is 0. The molecule has 0 radical (unpaired) electrons. The van der Waals surface area contributed by atoms with E-state index in [0.717, 1.165) is 12.0 Å². The van der Waals surface area contributed by atoms with Gasteiger partial charge in [-0.1, -0.05) is 6.92 Å². The maximum atomic E-state index is 2.55. The molecule has 0 spiro atoms. The molecule has 1 heteroatoms. The van der Waals surface area contributed by atoms with E-state index in [1.165, 1.54) is 19.5 Å². The van der Waals surface area contributed by atoms with Crippen LogP contribution >= 0.6 is 0 Å². The molecular formula is C6H11N. The van der Waals surface area contributed by atoms with Gasteiger partial charge in [-0.2, -0.15) is 0 Å². The van der Waals surface area contributed by atoms with Crippen molar-refractivity contribution >= 4 is 0 Å². The second kappa shape index (κ2) is 1.03. The topological polar surface area (TPSA) is 3.01 Å². The zero-order valence-corrected chi connectivity index (χ0v) is 4.72. The molecule has 1 nitrogen and oxygen atoms in total. The van der Waals surface area contributed by atoms with Crippen LogP contribution in [0.3, 0.4) is 0 Å². The van der Waals surface area contributed by atoms with Crippen LogP contribution in [0.1, 0.15) is 13.3 Å². The Morgan fingerprint density at radius 3 is 2.57 bits per heavy atom. The Labute approximate surface area is 44.3 Å². The first-order chi connectivity index (χ1) is 3.36. The summed E-state index contributed by atoms with van der Waals surface area (Å²) in [4.78, 5) is 2.55. The lowest BCUT2D eigenvalue weighted by molar-refractivity contribution is 0.514. The normalized spacial score (nSPS) is 57.0. The second-order valence-electron chi connectivity index (χ2n) is 2.95. The van der Waals surface area contributed by atoms with Crippen molar-refractivity contribution in [1.82, 2.24) is 4.90 Å². The van der Waals surface area contributed by atoms with E-state index in [-0.39, 0.29) is 0 Å². The second-order valence-corrected chi connectivity index (χ2v) is 2.95. The van der Waals surface area contributed by atoms with E-state index in [4.69, 9.17) is 0 Å². The van der Waals surface area contributed by atoms with Crippen LogP contribution in [0, 0.1) is 5.92 Å². The molecule has 2 aliphatic rings. The van der Waals surface area contributed by atoms with Crippen molar-refractivity contribution in [3.8, 4) is 0 Å². The van der Waals surface area contributed by atoms with Gasteiger partial charge in [-0.05, 0) is 12.3 Å². The van der Waals surface area contributed by atoms with Gasteiger partial charge in [-0.15, -0.1) is 0 Å². The minimum absolute atomic E-state index is 0.999. The molecule has 2 saturated heterocycles. The molecule has 2 heterocycles. The monoisotopic (exact) mass is 97.1 g/mol. The van der Waals surface area contributed by atoms with Crippen LogP contribution in [0.5, 0.6) is 0 Å². The number of rotatable bonds is 0. The third-order valence-electron chi connectivity index (χ3n) is 2.05. The van der Waals surface area contributed by atoms with Crippen LogP contribution < -0.4 is 0 Å². The molecule has 2 rings (SSSR count). The van der Waals surface area contributed by atoms with E-state index < -0.39 is 0 Å². The number of fused-ring (bicyclic) bond motifs is 1. The highest BCUT2D eigenvalue weighted by molar-refractivity contribution is 4.97. The Morgan fingerprint density at radius 1 is 1.43 bits per heavy atom. The van der Waals surface area contributed by atoms with Gasteiger partial charge in [0.05, 0.1) is 0 Å². The Balaban J connectivity index is 2.02. The SMILES string of the molecule is CC1CC2CN2C1. The largest absolute Gasteiger partial charge is 0.297 e. The van der Waals surface area contributed by atoms with E-state index in [1.54, 1.807) is 0 Å². The van der Waals surface area contributed by atoms with E-state index >= 15 is 0 Å². The highest BCUT2D eigenvalue weighted by Crippen LogP contribution is 2.33. The lowest BCUT2D eigenvalue weighted by Gasteiger charge is -1.98. The summed E-state index contributed by atoms with van der Waals surface area (Å²) in [5.41, 5.74) is 0. The molecule has 0 amide bonds. The number of hydrogen-bond acceptors (Lipinski definition) is 1. The Bertz CT molecular complexity index is 80.2. The van der Waals surface area contributed by atoms with Crippen LogP contribution in [0.15, 0.2) is 0 Å². The molecule has 0 saturated carbocycles. The summed E-state index contributed by atoms with van der Waals surface area (Å²) in [6.07, 6.45) is 1.47. The predicted molar refractivity (Wildman–Crippen MR) is 29.1 cm³/mol. The number of hydrogen-bond donors (Lipinski definition) is 0. The standard InChI is InChI=1S/C6H11N/c1-5-2-6-4-7(6)3-5/h5-6H,2-4H2,1H3. The van der Waals surface area contributed by atoms with Crippen molar-refractivity contribution in [3.05, 3.63) is 0 Å². The van der Waals surface area contributed by atoms with Crippen LogP contribution in [-0.2, 0) is 0 Å². The molecule has 0 aliphatic carbocycles. The molecule has 2 aliphatic heterocycles. The average Bonchev–Trinajstić information content (AvgIpc) is 2.15. The first-order valence-corrected chi connectivity index (χ1v) is 3.10. The molecule has 0 aromatic heterocycles. The molecule has 7 heavy (non-hydrogen) atoms. The molecule has 0 bridgehead atoms. The first-order valence-electron chi connectivity index (χ1n) is 3.10. The van der Waals surface area contributed by atoms with Crippen molar-refractivity contribution < 1.29 is 0 Å². The number of piperidine rings is 1. The molecule has 40 valence electrons. The van der Waals surface area contributed by atoms with Gasteiger partial charge in [0.15, 0.2) is 0 Å². The average molecular weight is 97.2 g/mol. The van der Waals surface area contributed by atoms with Crippen LogP contribution in [0.25, 0.3) is 0 Å². The van der Waals surface area contributed by atoms with Gasteiger partial charge in [-0.25, -0.2) is 0 Å². The van der Waals surface area contributed by atoms with Gasteiger partial charge in [0, 0.05) is 19.1 Å². The molecule has 0 N–H and O–H groups in total. The zero-order chi connectivity index (χ0) is 4.85. The summed E-state index contributed by atoms with van der Waals surface area (Å²) < 4.78 is 0. The first kappa shape index (κ1) is 3.90. The van der Waals surface area contributed by atoms with E-state index in [1.807, 2.05) is 0 Å². The summed E-state index contributed by atoms with van der Waals surface area (Å²) in [6, 6.07) is 1.02. The smallest absolute Gasteiger partial charge is 0.0227 e. The van der Waals surface area contributed by atoms with Crippen LogP contribution in [0.2, 0.25) is 0 Å². The van der Waals surface area contributed by atoms with Gasteiger partial charge < -0.3 is 0 Å². The summed E-state index contributed by atoms with van der Waals surface area (Å²) in [5.74, 6) is 0.999. The van der Waals surface area contributed by atoms with E-state index in [2.05, 4.69) is 11.8 Å². The fraction of sp³-hybridized carbons (Fsp3) is 1.00. The summed E-state index contributed by atoms with van der Waals surface area (Å²) in [7, 11) is 0. The van der Waals surface area contributed by atoms with Gasteiger partial charge in [0.25, 0.3) is 0 Å². The van der Waals surface area contributed by atoms with Gasteiger partial charge in [0.2, 0.25) is 0 Å². The van der Waals surface area contributed by atoms with Crippen molar-refractivity contribution in [2.75, 3.05) is 13.1 Å². The number of nitrogens with zero attached hydrogens (tertiary/aromatic N) is 1. The van der Waals surface area contributed by atoms with E-state index in [9.17, 15) is 0 Å². The lowest BCUT2D eigenvalue weighted by atomic mass is 10.1. The fourth-order valence-electron chi connectivity index (χ4n) is 1.61. The maximum absolute atomic E-state index is 2.55. The summed E-state index contributed by atoms with van der Waals surface area (Å²) in [6.45, 7) is 5.13. The highest BCUT2D eigenvalue weighted by atomic mass is 15.3. The van der Waals surface area contributed by atoms with Crippen molar-refractivity contribution in [1.29, 1.82) is 0 Å². The zero-order valence-electron chi connectivity index (χ0n) is 4.72. The molecule has 3 atom stereocenters. The third kappa shape index (κ3) is 0.480. The maximum Gasteiger partial charge on any atom is 0.0227 e. The Hall–Kier alpha value is -0.0400. The molecule has 0 aromatic carbocycles.